The van der Waals surface area contributed by atoms with Gasteiger partial charge in [0.25, 0.3) is 0 Å². The van der Waals surface area contributed by atoms with Gasteiger partial charge in [-0.3, -0.25) is 0 Å². The van der Waals surface area contributed by atoms with Crippen LogP contribution in [0.5, 0.6) is 0 Å². The van der Waals surface area contributed by atoms with Crippen molar-refractivity contribution in [2.45, 2.75) is 0 Å². The molecule has 2 aromatic rings. The minimum Gasteiger partial charge on any atom is -0.357 e. The Morgan fingerprint density at radius 1 is 1.31 bits per heavy atom. The summed E-state index contributed by atoms with van der Waals surface area (Å²) < 4.78 is 2.76. The molecule has 6 heteroatoms. The van der Waals surface area contributed by atoms with E-state index in [0.717, 1.165) is 5.69 Å². The zero-order valence-electron chi connectivity index (χ0n) is 8.94. The summed E-state index contributed by atoms with van der Waals surface area (Å²) in [7, 11) is 3.32. The molecule has 2 rings (SSSR count). The molecule has 0 atom stereocenters. The molecule has 0 aliphatic carbocycles. The number of benzene rings is 1. The predicted octanol–water partition coefficient (Wildman–Crippen LogP) is 1.27. The lowest BCUT2D eigenvalue weighted by molar-refractivity contribution is 0.727. The second-order valence-corrected chi connectivity index (χ2v) is 3.73. The molecule has 1 aromatic heterocycles. The van der Waals surface area contributed by atoms with E-state index in [2.05, 4.69) is 10.4 Å². The van der Waals surface area contributed by atoms with Gasteiger partial charge < -0.3 is 5.32 Å². The maximum absolute atomic E-state index is 11.8. The van der Waals surface area contributed by atoms with E-state index in [1.165, 1.54) is 9.25 Å². The summed E-state index contributed by atoms with van der Waals surface area (Å²) in [6.45, 7) is 0. The lowest BCUT2D eigenvalue weighted by Crippen LogP contribution is -2.21. The molecule has 0 radical (unpaired) electrons. The van der Waals surface area contributed by atoms with Gasteiger partial charge in [-0.05, 0) is 24.3 Å². The van der Waals surface area contributed by atoms with Crippen LogP contribution in [0.2, 0.25) is 5.02 Å². The van der Waals surface area contributed by atoms with E-state index in [1.54, 1.807) is 38.4 Å². The molecule has 84 valence electrons. The monoisotopic (exact) mass is 238 g/mol. The zero-order chi connectivity index (χ0) is 11.7. The molecular weight excluding hydrogens is 228 g/mol. The summed E-state index contributed by atoms with van der Waals surface area (Å²) in [5.74, 6) is 0.495. The second-order valence-electron chi connectivity index (χ2n) is 3.29. The number of halogens is 1. The van der Waals surface area contributed by atoms with E-state index in [1.807, 2.05) is 0 Å². The Morgan fingerprint density at radius 3 is 2.50 bits per heavy atom. The van der Waals surface area contributed by atoms with Crippen molar-refractivity contribution < 1.29 is 0 Å². The highest BCUT2D eigenvalue weighted by Gasteiger charge is 2.10. The molecule has 5 nitrogen and oxygen atoms in total. The SMILES string of the molecule is CNc1nn(C)c(=O)n1-c1ccc(Cl)cc1. The first-order valence-electron chi connectivity index (χ1n) is 4.73. The van der Waals surface area contributed by atoms with E-state index >= 15 is 0 Å². The first-order valence-corrected chi connectivity index (χ1v) is 5.11. The second kappa shape index (κ2) is 4.02. The Morgan fingerprint density at radius 2 is 1.94 bits per heavy atom. The van der Waals surface area contributed by atoms with Crippen LogP contribution in [0.25, 0.3) is 5.69 Å². The van der Waals surface area contributed by atoms with Crippen LogP contribution in [0.3, 0.4) is 0 Å². The molecule has 1 aromatic carbocycles. The fourth-order valence-corrected chi connectivity index (χ4v) is 1.58. The van der Waals surface area contributed by atoms with Crippen molar-refractivity contribution in [3.8, 4) is 5.69 Å². The standard InChI is InChI=1S/C10H11ClN4O/c1-12-9-13-14(2)10(16)15(9)8-5-3-7(11)4-6-8/h3-6H,1-2H3,(H,12,13). The number of nitrogens with one attached hydrogen (secondary N) is 1. The van der Waals surface area contributed by atoms with Gasteiger partial charge in [0.2, 0.25) is 5.95 Å². The summed E-state index contributed by atoms with van der Waals surface area (Å²) in [6, 6.07) is 7.00. The number of aromatic nitrogens is 3. The maximum Gasteiger partial charge on any atom is 0.351 e. The zero-order valence-corrected chi connectivity index (χ0v) is 9.69. The van der Waals surface area contributed by atoms with Crippen LogP contribution in [0.4, 0.5) is 5.95 Å². The Bertz CT molecular complexity index is 555. The van der Waals surface area contributed by atoms with Crippen molar-refractivity contribution in [3.63, 3.8) is 0 Å². The van der Waals surface area contributed by atoms with Gasteiger partial charge in [0.05, 0.1) is 5.69 Å². The topological polar surface area (TPSA) is 51.9 Å². The molecule has 0 spiro atoms. The first kappa shape index (κ1) is 10.8. The molecule has 16 heavy (non-hydrogen) atoms. The maximum atomic E-state index is 11.8. The van der Waals surface area contributed by atoms with Crippen molar-refractivity contribution in [1.82, 2.24) is 14.3 Å². The van der Waals surface area contributed by atoms with Crippen LogP contribution in [-0.4, -0.2) is 21.4 Å². The third-order valence-corrected chi connectivity index (χ3v) is 2.49. The Kier molecular flexibility index (Phi) is 2.70. The smallest absolute Gasteiger partial charge is 0.351 e. The summed E-state index contributed by atoms with van der Waals surface area (Å²) in [5.41, 5.74) is 0.526. The van der Waals surface area contributed by atoms with Gasteiger partial charge >= 0.3 is 5.69 Å². The number of aryl methyl sites for hydroxylation is 1. The van der Waals surface area contributed by atoms with Crippen molar-refractivity contribution in [3.05, 3.63) is 39.8 Å². The van der Waals surface area contributed by atoms with Crippen LogP contribution in [0.1, 0.15) is 0 Å². The molecule has 0 aliphatic rings. The molecule has 1 N–H and O–H groups in total. The fourth-order valence-electron chi connectivity index (χ4n) is 1.45. The minimum atomic E-state index is -0.202. The number of rotatable bonds is 2. The molecule has 0 bridgehead atoms. The molecule has 0 saturated heterocycles. The van der Waals surface area contributed by atoms with E-state index in [9.17, 15) is 4.79 Å². The molecular formula is C10H11ClN4O. The van der Waals surface area contributed by atoms with Gasteiger partial charge in [-0.25, -0.2) is 14.0 Å². The van der Waals surface area contributed by atoms with Gasteiger partial charge in [-0.2, -0.15) is 0 Å². The van der Waals surface area contributed by atoms with Crippen molar-refractivity contribution in [2.24, 2.45) is 7.05 Å². The molecule has 0 amide bonds. The van der Waals surface area contributed by atoms with Crippen molar-refractivity contribution in [2.75, 3.05) is 12.4 Å². The van der Waals surface area contributed by atoms with Crippen molar-refractivity contribution in [1.29, 1.82) is 0 Å². The molecule has 0 fully saturated rings. The van der Waals surface area contributed by atoms with Crippen LogP contribution < -0.4 is 11.0 Å². The number of anilines is 1. The normalized spacial score (nSPS) is 10.4. The highest BCUT2D eigenvalue weighted by Crippen LogP contribution is 2.14. The lowest BCUT2D eigenvalue weighted by atomic mass is 10.3. The van der Waals surface area contributed by atoms with Crippen LogP contribution in [0.15, 0.2) is 29.1 Å². The average molecular weight is 239 g/mol. The van der Waals surface area contributed by atoms with Crippen LogP contribution in [0, 0.1) is 0 Å². The lowest BCUT2D eigenvalue weighted by Gasteiger charge is -2.04. The quantitative estimate of drug-likeness (QED) is 0.857. The summed E-state index contributed by atoms with van der Waals surface area (Å²) in [6.07, 6.45) is 0. The summed E-state index contributed by atoms with van der Waals surface area (Å²) in [5, 5.41) is 7.55. The molecule has 0 unspecified atom stereocenters. The van der Waals surface area contributed by atoms with E-state index in [-0.39, 0.29) is 5.69 Å². The Hall–Kier alpha value is -1.75. The molecule has 1 heterocycles. The third kappa shape index (κ3) is 1.69. The van der Waals surface area contributed by atoms with Gasteiger partial charge in [-0.15, -0.1) is 5.10 Å². The Balaban J connectivity index is 2.63. The van der Waals surface area contributed by atoms with Crippen LogP contribution >= 0.6 is 11.6 Å². The van der Waals surface area contributed by atoms with Gasteiger partial charge in [0, 0.05) is 19.1 Å². The van der Waals surface area contributed by atoms with E-state index in [4.69, 9.17) is 11.6 Å². The summed E-state index contributed by atoms with van der Waals surface area (Å²) >= 11 is 5.79. The number of hydrogen-bond acceptors (Lipinski definition) is 3. The Labute approximate surface area is 97.3 Å². The minimum absolute atomic E-state index is 0.202. The molecule has 0 aliphatic heterocycles. The largest absolute Gasteiger partial charge is 0.357 e. The highest BCUT2D eigenvalue weighted by atomic mass is 35.5. The van der Waals surface area contributed by atoms with Gasteiger partial charge in [0.15, 0.2) is 0 Å². The van der Waals surface area contributed by atoms with Crippen molar-refractivity contribution >= 4 is 17.5 Å². The van der Waals surface area contributed by atoms with Gasteiger partial charge in [0.1, 0.15) is 0 Å². The van der Waals surface area contributed by atoms with Crippen LogP contribution in [-0.2, 0) is 7.05 Å². The highest BCUT2D eigenvalue weighted by molar-refractivity contribution is 6.30. The van der Waals surface area contributed by atoms with E-state index < -0.39 is 0 Å². The number of hydrogen-bond donors (Lipinski definition) is 1. The first-order chi connectivity index (χ1) is 7.63. The average Bonchev–Trinajstić information content (AvgIpc) is 2.57. The molecule has 0 saturated carbocycles. The predicted molar refractivity (Wildman–Crippen MR) is 63.4 cm³/mol. The number of nitrogens with zero attached hydrogens (tertiary/aromatic N) is 3. The summed E-state index contributed by atoms with van der Waals surface area (Å²) in [4.78, 5) is 11.8. The van der Waals surface area contributed by atoms with E-state index in [0.29, 0.717) is 11.0 Å². The van der Waals surface area contributed by atoms with Gasteiger partial charge in [-0.1, -0.05) is 11.6 Å². The third-order valence-electron chi connectivity index (χ3n) is 2.23. The fraction of sp³-hybridized carbons (Fsp3) is 0.200.